The third-order valence-electron chi connectivity index (χ3n) is 8.64. The molecule has 1 rings (SSSR count). The maximum Gasteiger partial charge on any atom is 0.257 e. The van der Waals surface area contributed by atoms with E-state index in [-0.39, 0.29) is 0 Å². The van der Waals surface area contributed by atoms with Crippen molar-refractivity contribution < 1.29 is 4.57 Å². The second-order valence-corrected chi connectivity index (χ2v) is 12.2. The van der Waals surface area contributed by atoms with Gasteiger partial charge in [-0.05, 0) is 32.6 Å². The van der Waals surface area contributed by atoms with E-state index in [1.807, 2.05) is 0 Å². The van der Waals surface area contributed by atoms with E-state index in [1.54, 1.807) is 0 Å². The predicted molar refractivity (Wildman–Crippen MR) is 166 cm³/mol. The second kappa shape index (κ2) is 25.5. The highest BCUT2D eigenvalue weighted by molar-refractivity contribution is 4.90. The normalized spacial score (nSPS) is 13.3. The summed E-state index contributed by atoms with van der Waals surface area (Å²) in [4.78, 5) is 3.71. The van der Waals surface area contributed by atoms with E-state index in [2.05, 4.69) is 49.6 Å². The van der Waals surface area contributed by atoms with Crippen molar-refractivity contribution in [1.29, 1.82) is 0 Å². The quantitative estimate of drug-likeness (QED) is 0.0842. The Morgan fingerprint density at radius 2 is 0.865 bits per heavy atom. The molecule has 37 heavy (non-hydrogen) atoms. The van der Waals surface area contributed by atoms with Gasteiger partial charge in [-0.1, -0.05) is 162 Å². The van der Waals surface area contributed by atoms with E-state index < -0.39 is 0 Å². The maximum atomic E-state index is 3.71. The lowest BCUT2D eigenvalue weighted by Gasteiger charge is -2.17. The maximum absolute atomic E-state index is 3.71. The molecular weight excluding hydrogens is 448 g/mol. The van der Waals surface area contributed by atoms with Crippen molar-refractivity contribution in [3.05, 3.63) is 18.2 Å². The minimum absolute atomic E-state index is 0.622. The SMILES string of the molecule is CCCCCCCCCCCCCC(CCCCCC)c1[nH]cc[n+]1C(C)CCCCCCCCCC. The third kappa shape index (κ3) is 18.2. The molecule has 0 amide bonds. The summed E-state index contributed by atoms with van der Waals surface area (Å²) in [7, 11) is 0. The predicted octanol–water partition coefficient (Wildman–Crippen LogP) is 12.1. The first-order valence-corrected chi connectivity index (χ1v) is 17.3. The number of nitrogens with zero attached hydrogens (tertiary/aromatic N) is 1. The number of hydrogen-bond donors (Lipinski definition) is 1. The molecule has 1 aromatic rings. The Kier molecular flexibility index (Phi) is 23.6. The zero-order valence-corrected chi connectivity index (χ0v) is 26.1. The number of rotatable bonds is 28. The van der Waals surface area contributed by atoms with Gasteiger partial charge in [0.15, 0.2) is 0 Å². The first-order chi connectivity index (χ1) is 18.2. The van der Waals surface area contributed by atoms with E-state index in [9.17, 15) is 0 Å². The van der Waals surface area contributed by atoms with Crippen LogP contribution >= 0.6 is 0 Å². The van der Waals surface area contributed by atoms with Crippen molar-refractivity contribution in [2.24, 2.45) is 0 Å². The molecule has 0 bridgehead atoms. The summed E-state index contributed by atoms with van der Waals surface area (Å²) in [6.45, 7) is 9.40. The highest BCUT2D eigenvalue weighted by atomic mass is 15.1. The Labute approximate surface area is 234 Å². The van der Waals surface area contributed by atoms with Crippen molar-refractivity contribution in [2.45, 2.75) is 207 Å². The number of nitrogens with one attached hydrogen (secondary N) is 1. The van der Waals surface area contributed by atoms with E-state index in [0.29, 0.717) is 12.0 Å². The Balaban J connectivity index is 2.38. The van der Waals surface area contributed by atoms with E-state index in [1.165, 1.54) is 173 Å². The molecule has 0 saturated heterocycles. The Morgan fingerprint density at radius 3 is 1.30 bits per heavy atom. The summed E-state index contributed by atoms with van der Waals surface area (Å²) in [5, 5.41) is 0. The van der Waals surface area contributed by atoms with Crippen LogP contribution in [0.15, 0.2) is 12.4 Å². The van der Waals surface area contributed by atoms with Gasteiger partial charge in [0.1, 0.15) is 12.4 Å². The van der Waals surface area contributed by atoms with Crippen LogP contribution in [0, 0.1) is 0 Å². The van der Waals surface area contributed by atoms with Crippen molar-refractivity contribution in [1.82, 2.24) is 4.98 Å². The van der Waals surface area contributed by atoms with Gasteiger partial charge in [-0.15, -0.1) is 0 Å². The van der Waals surface area contributed by atoms with Gasteiger partial charge in [0, 0.05) is 0 Å². The molecule has 1 aromatic heterocycles. The molecule has 0 saturated carbocycles. The van der Waals surface area contributed by atoms with Crippen LogP contribution < -0.4 is 4.57 Å². The average Bonchev–Trinajstić information content (AvgIpc) is 3.40. The number of imidazole rings is 1. The summed E-state index contributed by atoms with van der Waals surface area (Å²) in [6.07, 6.45) is 41.2. The van der Waals surface area contributed by atoms with Crippen LogP contribution in [0.1, 0.15) is 212 Å². The zero-order valence-electron chi connectivity index (χ0n) is 26.1. The summed E-state index contributed by atoms with van der Waals surface area (Å²) >= 11 is 0. The molecule has 2 nitrogen and oxygen atoms in total. The molecule has 1 heterocycles. The topological polar surface area (TPSA) is 19.7 Å². The number of aromatic amines is 1. The van der Waals surface area contributed by atoms with Crippen molar-refractivity contribution >= 4 is 0 Å². The lowest BCUT2D eigenvalue weighted by Crippen LogP contribution is -2.41. The Hall–Kier alpha value is -0.790. The summed E-state index contributed by atoms with van der Waals surface area (Å²) in [6, 6.07) is 0.622. The van der Waals surface area contributed by atoms with Gasteiger partial charge in [-0.3, -0.25) is 0 Å². The van der Waals surface area contributed by atoms with Crippen LogP contribution in [-0.2, 0) is 0 Å². The smallest absolute Gasteiger partial charge is 0.247 e. The molecule has 0 spiro atoms. The standard InChI is InChI=1S/C35H68N2/c1-5-8-11-14-16-18-19-20-22-24-27-30-34(29-26-13-10-7-3)35-36-31-32-37(35)33(4)28-25-23-21-17-15-12-9-6-2/h31-34H,5-30H2,1-4H3/p+1. The van der Waals surface area contributed by atoms with Gasteiger partial charge in [-0.25, -0.2) is 9.55 Å². The van der Waals surface area contributed by atoms with Crippen LogP contribution in [0.4, 0.5) is 0 Å². The molecule has 2 unspecified atom stereocenters. The van der Waals surface area contributed by atoms with Crippen LogP contribution in [0.25, 0.3) is 0 Å². The Bertz CT molecular complexity index is 578. The van der Waals surface area contributed by atoms with Crippen LogP contribution in [0.5, 0.6) is 0 Å². The van der Waals surface area contributed by atoms with Gasteiger partial charge < -0.3 is 0 Å². The number of aromatic nitrogens is 2. The largest absolute Gasteiger partial charge is 0.257 e. The van der Waals surface area contributed by atoms with Gasteiger partial charge in [0.2, 0.25) is 0 Å². The molecule has 218 valence electrons. The van der Waals surface area contributed by atoms with Gasteiger partial charge in [-0.2, -0.15) is 0 Å². The molecule has 0 radical (unpaired) electrons. The monoisotopic (exact) mass is 518 g/mol. The van der Waals surface area contributed by atoms with Crippen LogP contribution in [0.3, 0.4) is 0 Å². The fourth-order valence-corrected chi connectivity index (χ4v) is 6.07. The first-order valence-electron chi connectivity index (χ1n) is 17.3. The lowest BCUT2D eigenvalue weighted by molar-refractivity contribution is -0.727. The number of hydrogen-bond acceptors (Lipinski definition) is 0. The third-order valence-corrected chi connectivity index (χ3v) is 8.64. The highest BCUT2D eigenvalue weighted by Crippen LogP contribution is 2.27. The van der Waals surface area contributed by atoms with Crippen molar-refractivity contribution in [3.8, 4) is 0 Å². The highest BCUT2D eigenvalue weighted by Gasteiger charge is 2.25. The molecule has 2 heteroatoms. The lowest BCUT2D eigenvalue weighted by atomic mass is 9.93. The summed E-state index contributed by atoms with van der Waals surface area (Å²) < 4.78 is 2.62. The number of unbranched alkanes of at least 4 members (excludes halogenated alkanes) is 20. The molecule has 2 atom stereocenters. The molecule has 0 aliphatic heterocycles. The zero-order chi connectivity index (χ0) is 26.8. The average molecular weight is 518 g/mol. The minimum Gasteiger partial charge on any atom is -0.247 e. The molecule has 0 fully saturated rings. The molecule has 1 N–H and O–H groups in total. The van der Waals surface area contributed by atoms with Crippen LogP contribution in [0.2, 0.25) is 0 Å². The van der Waals surface area contributed by atoms with Crippen molar-refractivity contribution in [2.75, 3.05) is 0 Å². The number of H-pyrrole nitrogens is 1. The molecular formula is C35H69N2+. The minimum atomic E-state index is 0.622. The summed E-state index contributed by atoms with van der Waals surface area (Å²) in [5.74, 6) is 2.24. The molecule has 0 aliphatic rings. The second-order valence-electron chi connectivity index (χ2n) is 12.2. The van der Waals surface area contributed by atoms with E-state index in [4.69, 9.17) is 0 Å². The summed E-state index contributed by atoms with van der Waals surface area (Å²) in [5.41, 5.74) is 0. The fraction of sp³-hybridized carbons (Fsp3) is 0.914. The van der Waals surface area contributed by atoms with Crippen LogP contribution in [-0.4, -0.2) is 4.98 Å². The van der Waals surface area contributed by atoms with E-state index in [0.717, 1.165) is 0 Å². The fourth-order valence-electron chi connectivity index (χ4n) is 6.07. The van der Waals surface area contributed by atoms with Gasteiger partial charge >= 0.3 is 0 Å². The van der Waals surface area contributed by atoms with Gasteiger partial charge in [0.25, 0.3) is 5.82 Å². The molecule has 0 aromatic carbocycles. The van der Waals surface area contributed by atoms with Gasteiger partial charge in [0.05, 0.1) is 12.0 Å². The first kappa shape index (κ1) is 34.2. The Morgan fingerprint density at radius 1 is 0.514 bits per heavy atom. The van der Waals surface area contributed by atoms with E-state index >= 15 is 0 Å². The molecule has 0 aliphatic carbocycles. The van der Waals surface area contributed by atoms with Crippen molar-refractivity contribution in [3.63, 3.8) is 0 Å².